The number of hydrogen-bond acceptors (Lipinski definition) is 5. The predicted molar refractivity (Wildman–Crippen MR) is 95.0 cm³/mol. The first-order chi connectivity index (χ1) is 11.3. The second-order valence-electron chi connectivity index (χ2n) is 5.26. The van der Waals surface area contributed by atoms with E-state index in [4.69, 9.17) is 11.6 Å². The summed E-state index contributed by atoms with van der Waals surface area (Å²) in [5.74, 6) is 1.80. The zero-order chi connectivity index (χ0) is 16.1. The van der Waals surface area contributed by atoms with Gasteiger partial charge in [0.25, 0.3) is 0 Å². The Bertz CT molecular complexity index is 770. The number of hydrogen-bond donors (Lipinski definition) is 1. The van der Waals surface area contributed by atoms with Gasteiger partial charge in [0, 0.05) is 17.2 Å². The van der Waals surface area contributed by atoms with Crippen LogP contribution in [0.25, 0.3) is 4.96 Å². The summed E-state index contributed by atoms with van der Waals surface area (Å²) in [6.45, 7) is 0.996. The van der Waals surface area contributed by atoms with E-state index in [1.165, 1.54) is 18.4 Å². The summed E-state index contributed by atoms with van der Waals surface area (Å²) in [5.41, 5.74) is 5.07. The number of benzene rings is 1. The van der Waals surface area contributed by atoms with Crippen LogP contribution in [-0.2, 0) is 12.2 Å². The largest absolute Gasteiger partial charge is 0.358 e. The summed E-state index contributed by atoms with van der Waals surface area (Å²) in [5, 5.41) is 13.9. The van der Waals surface area contributed by atoms with Crippen LogP contribution in [0.3, 0.4) is 0 Å². The number of nitrogens with zero attached hydrogens (tertiary/aromatic N) is 4. The standard InChI is InChI=1S/C15H18ClN5S2/c16-12-6-4-5-11(9-12)10-22-15-20-21-13(7-2-1-3-8-17)18-19-14(21)23-15/h4-6,9H,1-3,7-8,10,17H2/p+1. The minimum Gasteiger partial charge on any atom is -0.358 e. The van der Waals surface area contributed by atoms with Gasteiger partial charge in [-0.15, -0.1) is 15.3 Å². The summed E-state index contributed by atoms with van der Waals surface area (Å²) in [6.07, 6.45) is 4.38. The lowest BCUT2D eigenvalue weighted by Crippen LogP contribution is -2.50. The number of aromatic nitrogens is 4. The van der Waals surface area contributed by atoms with Crippen LogP contribution in [0, 0.1) is 0 Å². The highest BCUT2D eigenvalue weighted by Gasteiger charge is 2.12. The molecule has 3 rings (SSSR count). The van der Waals surface area contributed by atoms with Gasteiger partial charge in [-0.2, -0.15) is 4.52 Å². The first kappa shape index (κ1) is 16.7. The van der Waals surface area contributed by atoms with Gasteiger partial charge in [-0.05, 0) is 37.0 Å². The molecule has 0 bridgehead atoms. The van der Waals surface area contributed by atoms with Crippen LogP contribution < -0.4 is 5.73 Å². The third-order valence-corrected chi connectivity index (χ3v) is 5.78. The van der Waals surface area contributed by atoms with Crippen LogP contribution >= 0.6 is 34.7 Å². The monoisotopic (exact) mass is 368 g/mol. The smallest absolute Gasteiger partial charge is 0.235 e. The molecule has 23 heavy (non-hydrogen) atoms. The SMILES string of the molecule is [NH3+]CCCCCc1nnc2sc(SCc3cccc(Cl)c3)nn12. The summed E-state index contributed by atoms with van der Waals surface area (Å²) < 4.78 is 2.89. The third kappa shape index (κ3) is 4.44. The van der Waals surface area contributed by atoms with Crippen molar-refractivity contribution in [3.63, 3.8) is 0 Å². The number of thioether (sulfide) groups is 1. The van der Waals surface area contributed by atoms with E-state index in [1.54, 1.807) is 23.1 Å². The van der Waals surface area contributed by atoms with Gasteiger partial charge in [0.1, 0.15) is 0 Å². The van der Waals surface area contributed by atoms with E-state index in [0.29, 0.717) is 0 Å². The van der Waals surface area contributed by atoms with E-state index >= 15 is 0 Å². The third-order valence-electron chi connectivity index (χ3n) is 3.44. The minimum absolute atomic E-state index is 0.769. The molecule has 0 amide bonds. The number of halogens is 1. The van der Waals surface area contributed by atoms with E-state index in [1.807, 2.05) is 22.7 Å². The fourth-order valence-corrected chi connectivity index (χ4v) is 4.31. The van der Waals surface area contributed by atoms with Gasteiger partial charge in [-0.3, -0.25) is 0 Å². The van der Waals surface area contributed by atoms with E-state index < -0.39 is 0 Å². The van der Waals surface area contributed by atoms with Crippen LogP contribution in [0.1, 0.15) is 30.7 Å². The molecule has 0 aliphatic carbocycles. The Morgan fingerprint density at radius 2 is 2.13 bits per heavy atom. The van der Waals surface area contributed by atoms with Crippen LogP contribution in [0.4, 0.5) is 0 Å². The molecule has 8 heteroatoms. The molecule has 0 aliphatic heterocycles. The second-order valence-corrected chi connectivity index (χ2v) is 7.88. The Morgan fingerprint density at radius 1 is 1.22 bits per heavy atom. The second kappa shape index (κ2) is 8.10. The van der Waals surface area contributed by atoms with E-state index in [0.717, 1.165) is 45.3 Å². The molecule has 1 aromatic carbocycles. The van der Waals surface area contributed by atoms with E-state index in [2.05, 4.69) is 27.1 Å². The molecule has 0 aliphatic rings. The highest BCUT2D eigenvalue weighted by Crippen LogP contribution is 2.28. The lowest BCUT2D eigenvalue weighted by molar-refractivity contribution is -0.368. The van der Waals surface area contributed by atoms with Crippen LogP contribution in [-0.4, -0.2) is 26.4 Å². The molecular weight excluding hydrogens is 350 g/mol. The molecule has 2 heterocycles. The number of aryl methyl sites for hydroxylation is 1. The molecule has 0 spiro atoms. The van der Waals surface area contributed by atoms with Crippen molar-refractivity contribution in [2.24, 2.45) is 0 Å². The van der Waals surface area contributed by atoms with Crippen molar-refractivity contribution in [3.05, 3.63) is 40.7 Å². The van der Waals surface area contributed by atoms with Gasteiger partial charge in [-0.25, -0.2) is 0 Å². The zero-order valence-electron chi connectivity index (χ0n) is 12.7. The molecular formula is C15H19ClN5S2+. The molecule has 0 saturated carbocycles. The molecule has 0 fully saturated rings. The van der Waals surface area contributed by atoms with Gasteiger partial charge in [0.15, 0.2) is 10.2 Å². The van der Waals surface area contributed by atoms with Crippen LogP contribution in [0.15, 0.2) is 28.6 Å². The number of rotatable bonds is 8. The van der Waals surface area contributed by atoms with Gasteiger partial charge in [0.05, 0.1) is 6.54 Å². The quantitative estimate of drug-likeness (QED) is 0.490. The average molecular weight is 369 g/mol. The zero-order valence-corrected chi connectivity index (χ0v) is 15.1. The number of fused-ring (bicyclic) bond motifs is 1. The Morgan fingerprint density at radius 3 is 2.96 bits per heavy atom. The van der Waals surface area contributed by atoms with Crippen LogP contribution in [0.5, 0.6) is 0 Å². The van der Waals surface area contributed by atoms with E-state index in [-0.39, 0.29) is 0 Å². The summed E-state index contributed by atoms with van der Waals surface area (Å²) in [7, 11) is 0. The maximum Gasteiger partial charge on any atom is 0.235 e. The molecule has 0 radical (unpaired) electrons. The van der Waals surface area contributed by atoms with Crippen molar-refractivity contribution >= 4 is 39.7 Å². The van der Waals surface area contributed by atoms with Gasteiger partial charge >= 0.3 is 0 Å². The van der Waals surface area contributed by atoms with Gasteiger partial charge in [-0.1, -0.05) is 46.8 Å². The maximum absolute atomic E-state index is 6.02. The summed E-state index contributed by atoms with van der Waals surface area (Å²) in [6, 6.07) is 7.93. The molecule has 122 valence electrons. The molecule has 0 unspecified atom stereocenters. The highest BCUT2D eigenvalue weighted by molar-refractivity contribution is 8.00. The van der Waals surface area contributed by atoms with E-state index in [9.17, 15) is 0 Å². The van der Waals surface area contributed by atoms with Gasteiger partial charge in [0.2, 0.25) is 4.96 Å². The number of quaternary nitrogens is 1. The Hall–Kier alpha value is -1.15. The molecule has 0 atom stereocenters. The Kier molecular flexibility index (Phi) is 5.88. The summed E-state index contributed by atoms with van der Waals surface area (Å²) in [4.78, 5) is 0.866. The van der Waals surface area contributed by atoms with Crippen molar-refractivity contribution in [2.75, 3.05) is 6.54 Å². The van der Waals surface area contributed by atoms with Crippen molar-refractivity contribution in [3.8, 4) is 0 Å². The lowest BCUT2D eigenvalue weighted by Gasteiger charge is -1.99. The molecule has 3 aromatic rings. The fourth-order valence-electron chi connectivity index (χ4n) is 2.26. The first-order valence-corrected chi connectivity index (χ1v) is 9.82. The highest BCUT2D eigenvalue weighted by atomic mass is 35.5. The first-order valence-electron chi connectivity index (χ1n) is 7.64. The maximum atomic E-state index is 6.02. The Labute approximate surface area is 148 Å². The predicted octanol–water partition coefficient (Wildman–Crippen LogP) is 3.09. The normalized spacial score (nSPS) is 11.4. The topological polar surface area (TPSA) is 70.7 Å². The van der Waals surface area contributed by atoms with Crippen molar-refractivity contribution in [1.82, 2.24) is 19.8 Å². The molecule has 2 aromatic heterocycles. The Balaban J connectivity index is 1.62. The average Bonchev–Trinajstić information content (AvgIpc) is 3.10. The lowest BCUT2D eigenvalue weighted by atomic mass is 10.2. The summed E-state index contributed by atoms with van der Waals surface area (Å²) >= 11 is 9.31. The van der Waals surface area contributed by atoms with Crippen molar-refractivity contribution in [2.45, 2.75) is 35.8 Å². The van der Waals surface area contributed by atoms with Crippen LogP contribution in [0.2, 0.25) is 5.02 Å². The molecule has 0 saturated heterocycles. The fraction of sp³-hybridized carbons (Fsp3) is 0.400. The number of unbranched alkanes of at least 4 members (excludes halogenated alkanes) is 2. The van der Waals surface area contributed by atoms with Gasteiger partial charge < -0.3 is 5.73 Å². The van der Waals surface area contributed by atoms with Crippen molar-refractivity contribution < 1.29 is 5.73 Å². The minimum atomic E-state index is 0.769. The molecule has 5 nitrogen and oxygen atoms in total. The van der Waals surface area contributed by atoms with Crippen molar-refractivity contribution in [1.29, 1.82) is 0 Å². The molecule has 3 N–H and O–H groups in total.